The number of nitrogens with zero attached hydrogens (tertiary/aromatic N) is 3. The summed E-state index contributed by atoms with van der Waals surface area (Å²) >= 11 is 0. The predicted molar refractivity (Wildman–Crippen MR) is 91.3 cm³/mol. The minimum Gasteiger partial charge on any atom is -0.347 e. The van der Waals surface area contributed by atoms with Crippen LogP contribution in [0.25, 0.3) is 11.4 Å². The summed E-state index contributed by atoms with van der Waals surface area (Å²) in [5, 5.41) is 6.52. The largest absolute Gasteiger partial charge is 0.347 e. The van der Waals surface area contributed by atoms with E-state index in [9.17, 15) is 18.0 Å². The number of carbonyl (C=O) groups excluding carboxylic acids is 1. The first kappa shape index (κ1) is 18.3. The molecule has 2 aromatic heterocycles. The van der Waals surface area contributed by atoms with Crippen LogP contribution in [0.2, 0.25) is 0 Å². The van der Waals surface area contributed by atoms with E-state index in [0.29, 0.717) is 31.5 Å². The quantitative estimate of drug-likeness (QED) is 0.726. The summed E-state index contributed by atoms with van der Waals surface area (Å²) in [6, 6.07) is 2.99. The minimum atomic E-state index is -3.21. The maximum absolute atomic E-state index is 12.2. The van der Waals surface area contributed by atoms with Crippen molar-refractivity contribution >= 4 is 15.9 Å². The molecular formula is C15H19N5O5S. The summed E-state index contributed by atoms with van der Waals surface area (Å²) in [4.78, 5) is 30.2. The fraction of sp³-hybridized carbons (Fsp3) is 0.467. The van der Waals surface area contributed by atoms with Crippen LogP contribution in [-0.4, -0.2) is 53.1 Å². The molecule has 1 amide bonds. The molecule has 140 valence electrons. The Morgan fingerprint density at radius 2 is 2.15 bits per heavy atom. The van der Waals surface area contributed by atoms with E-state index in [1.807, 2.05) is 0 Å². The first-order valence-corrected chi connectivity index (χ1v) is 9.92. The third-order valence-electron chi connectivity index (χ3n) is 4.21. The Labute approximate surface area is 149 Å². The molecule has 0 bridgehead atoms. The number of amides is 1. The van der Waals surface area contributed by atoms with Crippen molar-refractivity contribution in [3.63, 3.8) is 0 Å². The van der Waals surface area contributed by atoms with E-state index in [0.717, 1.165) is 0 Å². The molecule has 2 aromatic rings. The lowest BCUT2D eigenvalue weighted by Gasteiger charge is -2.29. The third-order valence-corrected chi connectivity index (χ3v) is 5.51. The van der Waals surface area contributed by atoms with Crippen LogP contribution >= 0.6 is 0 Å². The molecule has 1 aliphatic heterocycles. The Kier molecular flexibility index (Phi) is 5.18. The molecule has 0 unspecified atom stereocenters. The number of carbonyl (C=O) groups is 1. The third kappa shape index (κ3) is 4.35. The first-order valence-electron chi connectivity index (χ1n) is 8.07. The fourth-order valence-electron chi connectivity index (χ4n) is 2.78. The van der Waals surface area contributed by atoms with Crippen LogP contribution in [0.15, 0.2) is 27.6 Å². The maximum atomic E-state index is 12.2. The summed E-state index contributed by atoms with van der Waals surface area (Å²) in [6.07, 6.45) is 3.60. The molecule has 1 fully saturated rings. The molecule has 0 spiro atoms. The van der Waals surface area contributed by atoms with Crippen molar-refractivity contribution in [2.45, 2.75) is 19.4 Å². The van der Waals surface area contributed by atoms with Crippen molar-refractivity contribution in [3.8, 4) is 11.4 Å². The summed E-state index contributed by atoms with van der Waals surface area (Å²) in [7, 11) is -3.21. The molecular weight excluding hydrogens is 362 g/mol. The molecule has 3 heterocycles. The van der Waals surface area contributed by atoms with Crippen molar-refractivity contribution in [2.75, 3.05) is 19.3 Å². The number of sulfonamides is 1. The van der Waals surface area contributed by atoms with Gasteiger partial charge in [-0.2, -0.15) is 4.98 Å². The van der Waals surface area contributed by atoms with Crippen LogP contribution in [0.3, 0.4) is 0 Å². The summed E-state index contributed by atoms with van der Waals surface area (Å²) in [6.45, 7) is 0.746. The van der Waals surface area contributed by atoms with Crippen molar-refractivity contribution in [2.24, 2.45) is 5.92 Å². The van der Waals surface area contributed by atoms with Gasteiger partial charge >= 0.3 is 0 Å². The molecule has 11 heteroatoms. The van der Waals surface area contributed by atoms with E-state index in [1.165, 1.54) is 22.8 Å². The zero-order chi connectivity index (χ0) is 18.7. The Balaban J connectivity index is 1.54. The number of pyridine rings is 1. The molecule has 1 aliphatic rings. The molecule has 3 rings (SSSR count). The molecule has 0 atom stereocenters. The van der Waals surface area contributed by atoms with Gasteiger partial charge in [0.2, 0.25) is 33.2 Å². The van der Waals surface area contributed by atoms with Crippen LogP contribution in [0.1, 0.15) is 18.7 Å². The molecule has 10 nitrogen and oxygen atoms in total. The molecule has 26 heavy (non-hydrogen) atoms. The predicted octanol–water partition coefficient (Wildman–Crippen LogP) is -0.287. The van der Waals surface area contributed by atoms with E-state index in [4.69, 9.17) is 4.52 Å². The highest BCUT2D eigenvalue weighted by molar-refractivity contribution is 7.88. The average molecular weight is 381 g/mol. The summed E-state index contributed by atoms with van der Waals surface area (Å²) < 4.78 is 29.4. The fourth-order valence-corrected chi connectivity index (χ4v) is 3.66. The van der Waals surface area contributed by atoms with Gasteiger partial charge in [0.25, 0.3) is 0 Å². The van der Waals surface area contributed by atoms with Gasteiger partial charge in [0.1, 0.15) is 0 Å². The van der Waals surface area contributed by atoms with E-state index in [1.54, 1.807) is 6.07 Å². The van der Waals surface area contributed by atoms with Crippen LogP contribution in [0.4, 0.5) is 0 Å². The highest BCUT2D eigenvalue weighted by atomic mass is 32.2. The van der Waals surface area contributed by atoms with Gasteiger partial charge in [-0.05, 0) is 18.9 Å². The lowest BCUT2D eigenvalue weighted by Crippen LogP contribution is -2.42. The van der Waals surface area contributed by atoms with Gasteiger partial charge in [0.05, 0.1) is 12.8 Å². The molecule has 0 aromatic carbocycles. The normalized spacial score (nSPS) is 16.5. The zero-order valence-corrected chi connectivity index (χ0v) is 15.0. The van der Waals surface area contributed by atoms with Gasteiger partial charge in [-0.1, -0.05) is 5.16 Å². The number of H-pyrrole nitrogens is 1. The summed E-state index contributed by atoms with van der Waals surface area (Å²) in [5.74, 6) is 0.0705. The standard InChI is InChI=1S/C15H19N5O5S/c1-26(23,24)20-6-3-10(4-7-20)15(22)17-9-13-18-14(19-25-13)11-2-5-16-12(21)8-11/h2,5,8,10H,3-4,6-7,9H2,1H3,(H,16,21)(H,17,22). The Bertz CT molecular complexity index is 943. The second-order valence-electron chi connectivity index (χ2n) is 6.11. The van der Waals surface area contributed by atoms with Gasteiger partial charge in [0.15, 0.2) is 0 Å². The van der Waals surface area contributed by atoms with Crippen molar-refractivity contribution in [3.05, 3.63) is 34.6 Å². The maximum Gasteiger partial charge on any atom is 0.248 e. The smallest absolute Gasteiger partial charge is 0.248 e. The Hall–Kier alpha value is -2.53. The van der Waals surface area contributed by atoms with Gasteiger partial charge < -0.3 is 14.8 Å². The second kappa shape index (κ2) is 7.38. The van der Waals surface area contributed by atoms with Crippen molar-refractivity contribution in [1.82, 2.24) is 24.7 Å². The molecule has 1 saturated heterocycles. The number of hydrogen-bond donors (Lipinski definition) is 2. The molecule has 0 radical (unpaired) electrons. The second-order valence-corrected chi connectivity index (χ2v) is 8.09. The van der Waals surface area contributed by atoms with E-state index in [-0.39, 0.29) is 35.6 Å². The number of rotatable bonds is 5. The number of aromatic nitrogens is 3. The SMILES string of the molecule is CS(=O)(=O)N1CCC(C(=O)NCc2nc(-c3cc[nH]c(=O)c3)no2)CC1. The monoisotopic (exact) mass is 381 g/mol. The minimum absolute atomic E-state index is 0.0707. The van der Waals surface area contributed by atoms with Gasteiger partial charge in [-0.3, -0.25) is 9.59 Å². The lowest BCUT2D eigenvalue weighted by molar-refractivity contribution is -0.126. The topological polar surface area (TPSA) is 138 Å². The Morgan fingerprint density at radius 3 is 2.81 bits per heavy atom. The van der Waals surface area contributed by atoms with Gasteiger partial charge in [-0.15, -0.1) is 0 Å². The Morgan fingerprint density at radius 1 is 1.42 bits per heavy atom. The summed E-state index contributed by atoms with van der Waals surface area (Å²) in [5.41, 5.74) is 0.241. The highest BCUT2D eigenvalue weighted by Crippen LogP contribution is 2.19. The van der Waals surface area contributed by atoms with Gasteiger partial charge in [0, 0.05) is 36.8 Å². The molecule has 0 aliphatic carbocycles. The number of aromatic amines is 1. The van der Waals surface area contributed by atoms with Crippen molar-refractivity contribution in [1.29, 1.82) is 0 Å². The number of nitrogens with one attached hydrogen (secondary N) is 2. The van der Waals surface area contributed by atoms with Crippen LogP contribution in [0.5, 0.6) is 0 Å². The average Bonchev–Trinajstić information content (AvgIpc) is 3.08. The zero-order valence-electron chi connectivity index (χ0n) is 14.1. The lowest BCUT2D eigenvalue weighted by atomic mass is 9.97. The van der Waals surface area contributed by atoms with E-state index in [2.05, 4.69) is 20.4 Å². The van der Waals surface area contributed by atoms with Crippen LogP contribution in [-0.2, 0) is 21.4 Å². The molecule has 0 saturated carbocycles. The van der Waals surface area contributed by atoms with Crippen molar-refractivity contribution < 1.29 is 17.7 Å². The number of piperidine rings is 1. The van der Waals surface area contributed by atoms with Crippen LogP contribution in [0, 0.1) is 5.92 Å². The van der Waals surface area contributed by atoms with Crippen LogP contribution < -0.4 is 10.9 Å². The van der Waals surface area contributed by atoms with E-state index < -0.39 is 10.0 Å². The first-order chi connectivity index (χ1) is 12.3. The highest BCUT2D eigenvalue weighted by Gasteiger charge is 2.28. The van der Waals surface area contributed by atoms with E-state index >= 15 is 0 Å². The van der Waals surface area contributed by atoms with Gasteiger partial charge in [-0.25, -0.2) is 12.7 Å². The number of hydrogen-bond acceptors (Lipinski definition) is 7. The molecule has 2 N–H and O–H groups in total.